The van der Waals surface area contributed by atoms with E-state index in [4.69, 9.17) is 32.9 Å². The number of anilines is 1. The van der Waals surface area contributed by atoms with E-state index in [1.54, 1.807) is 25.3 Å². The minimum absolute atomic E-state index is 0.127. The van der Waals surface area contributed by atoms with E-state index in [9.17, 15) is 4.79 Å². The van der Waals surface area contributed by atoms with Gasteiger partial charge in [0, 0.05) is 43.2 Å². The van der Waals surface area contributed by atoms with Gasteiger partial charge in [-0.2, -0.15) is 4.37 Å². The zero-order chi connectivity index (χ0) is 22.5. The Balaban J connectivity index is 1.25. The van der Waals surface area contributed by atoms with Crippen LogP contribution in [0.4, 0.5) is 5.13 Å². The van der Waals surface area contributed by atoms with Crippen molar-refractivity contribution in [2.75, 3.05) is 31.6 Å². The smallest absolute Gasteiger partial charge is 0.251 e. The lowest BCUT2D eigenvalue weighted by Crippen LogP contribution is -2.38. The largest absolute Gasteiger partial charge is 0.497 e. The molecule has 0 bridgehead atoms. The fourth-order valence-electron chi connectivity index (χ4n) is 3.71. The molecule has 168 valence electrons. The highest BCUT2D eigenvalue weighted by molar-refractivity contribution is 7.09. The number of hydrogen-bond donors (Lipinski definition) is 1. The van der Waals surface area contributed by atoms with Crippen molar-refractivity contribution >= 4 is 45.8 Å². The zero-order valence-electron chi connectivity index (χ0n) is 17.7. The summed E-state index contributed by atoms with van der Waals surface area (Å²) in [6.45, 7) is 2.45. The van der Waals surface area contributed by atoms with Gasteiger partial charge in [0.1, 0.15) is 11.6 Å². The maximum absolute atomic E-state index is 12.4. The fourth-order valence-corrected chi connectivity index (χ4v) is 4.75. The van der Waals surface area contributed by atoms with Crippen LogP contribution in [0.2, 0.25) is 10.0 Å². The van der Waals surface area contributed by atoms with Gasteiger partial charge in [-0.1, -0.05) is 35.3 Å². The molecule has 1 fully saturated rings. The van der Waals surface area contributed by atoms with Gasteiger partial charge in [-0.05, 0) is 54.7 Å². The third-order valence-corrected chi connectivity index (χ3v) is 7.13. The van der Waals surface area contributed by atoms with Crippen molar-refractivity contribution in [2.24, 2.45) is 5.92 Å². The van der Waals surface area contributed by atoms with Crippen molar-refractivity contribution < 1.29 is 9.53 Å². The maximum atomic E-state index is 12.4. The molecule has 0 spiro atoms. The first kappa shape index (κ1) is 22.8. The summed E-state index contributed by atoms with van der Waals surface area (Å²) in [5.41, 5.74) is 1.65. The van der Waals surface area contributed by atoms with Gasteiger partial charge in [0.05, 0.1) is 17.2 Å². The van der Waals surface area contributed by atoms with Crippen LogP contribution in [0.15, 0.2) is 42.5 Å². The molecule has 0 aliphatic carbocycles. The van der Waals surface area contributed by atoms with Crippen LogP contribution in [-0.4, -0.2) is 42.0 Å². The van der Waals surface area contributed by atoms with Crippen LogP contribution in [0, 0.1) is 5.92 Å². The fraction of sp³-hybridized carbons (Fsp3) is 0.348. The third-order valence-electron chi connectivity index (χ3n) is 5.57. The second-order valence-electron chi connectivity index (χ2n) is 7.79. The molecular formula is C23H24Cl2N4O2S. The number of carbonyl (C=O) groups is 1. The molecule has 6 nitrogen and oxygen atoms in total. The van der Waals surface area contributed by atoms with E-state index in [1.165, 1.54) is 11.5 Å². The Bertz CT molecular complexity index is 1080. The quantitative estimate of drug-likeness (QED) is 0.499. The van der Waals surface area contributed by atoms with Crippen LogP contribution in [0.3, 0.4) is 0 Å². The number of carbonyl (C=O) groups excluding carboxylic acids is 1. The number of aromatic nitrogens is 2. The van der Waals surface area contributed by atoms with Crippen LogP contribution in [0.1, 0.15) is 34.6 Å². The highest BCUT2D eigenvalue weighted by Crippen LogP contribution is 2.26. The van der Waals surface area contributed by atoms with Gasteiger partial charge in [0.2, 0.25) is 5.13 Å². The Hall–Kier alpha value is -2.35. The Kier molecular flexibility index (Phi) is 7.50. The summed E-state index contributed by atoms with van der Waals surface area (Å²) in [4.78, 5) is 19.4. The van der Waals surface area contributed by atoms with Crippen molar-refractivity contribution in [3.05, 3.63) is 69.5 Å². The number of piperidine rings is 1. The predicted octanol–water partition coefficient (Wildman–Crippen LogP) is 5.09. The molecular weight excluding hydrogens is 467 g/mol. The van der Waals surface area contributed by atoms with Crippen LogP contribution < -0.4 is 15.0 Å². The molecule has 2 aromatic carbocycles. The molecule has 32 heavy (non-hydrogen) atoms. The third kappa shape index (κ3) is 5.71. The second kappa shape index (κ2) is 10.5. The van der Waals surface area contributed by atoms with Crippen molar-refractivity contribution in [2.45, 2.75) is 19.3 Å². The molecule has 0 unspecified atom stereocenters. The van der Waals surface area contributed by atoms with E-state index < -0.39 is 0 Å². The molecule has 1 saturated heterocycles. The van der Waals surface area contributed by atoms with Crippen LogP contribution in [-0.2, 0) is 6.42 Å². The second-order valence-corrected chi connectivity index (χ2v) is 9.34. The summed E-state index contributed by atoms with van der Waals surface area (Å²) < 4.78 is 9.83. The summed E-state index contributed by atoms with van der Waals surface area (Å²) in [5.74, 6) is 1.97. The van der Waals surface area contributed by atoms with E-state index in [2.05, 4.69) is 20.7 Å². The molecule has 1 amide bonds. The topological polar surface area (TPSA) is 67.3 Å². The standard InChI is InChI=1S/C23H24Cl2N4O2S/c1-31-18-4-2-3-16(11-18)12-21-27-23(32-28-21)29-9-7-15(8-10-29)14-26-22(30)17-5-6-19(24)20(25)13-17/h2-6,11,13,15H,7-10,12,14H2,1H3,(H,26,30). The van der Waals surface area contributed by atoms with Crippen molar-refractivity contribution in [3.8, 4) is 5.75 Å². The lowest BCUT2D eigenvalue weighted by molar-refractivity contribution is 0.0945. The average molecular weight is 491 g/mol. The maximum Gasteiger partial charge on any atom is 0.251 e. The predicted molar refractivity (Wildman–Crippen MR) is 129 cm³/mol. The van der Waals surface area contributed by atoms with Gasteiger partial charge in [-0.25, -0.2) is 4.98 Å². The van der Waals surface area contributed by atoms with Gasteiger partial charge >= 0.3 is 0 Å². The summed E-state index contributed by atoms with van der Waals surface area (Å²) in [5, 5.41) is 4.80. The molecule has 4 rings (SSSR count). The van der Waals surface area contributed by atoms with E-state index in [0.29, 0.717) is 34.5 Å². The van der Waals surface area contributed by atoms with E-state index >= 15 is 0 Å². The molecule has 1 aliphatic rings. The molecule has 0 saturated carbocycles. The first-order valence-corrected chi connectivity index (χ1v) is 12.0. The Labute approximate surface area is 201 Å². The first-order chi connectivity index (χ1) is 15.5. The molecule has 0 atom stereocenters. The van der Waals surface area contributed by atoms with Gasteiger partial charge in [0.15, 0.2) is 0 Å². The van der Waals surface area contributed by atoms with Gasteiger partial charge in [-0.3, -0.25) is 4.79 Å². The number of amides is 1. The van der Waals surface area contributed by atoms with E-state index in [0.717, 1.165) is 48.2 Å². The molecule has 2 heterocycles. The van der Waals surface area contributed by atoms with E-state index in [-0.39, 0.29) is 5.91 Å². The number of halogens is 2. The number of nitrogens with one attached hydrogen (secondary N) is 1. The number of benzene rings is 2. The minimum Gasteiger partial charge on any atom is -0.497 e. The lowest BCUT2D eigenvalue weighted by atomic mass is 9.97. The van der Waals surface area contributed by atoms with Crippen LogP contribution >= 0.6 is 34.7 Å². The number of nitrogens with zero attached hydrogens (tertiary/aromatic N) is 3. The number of ether oxygens (including phenoxy) is 1. The normalized spacial score (nSPS) is 14.4. The summed E-state index contributed by atoms with van der Waals surface area (Å²) in [7, 11) is 1.67. The summed E-state index contributed by atoms with van der Waals surface area (Å²) >= 11 is 13.4. The first-order valence-electron chi connectivity index (χ1n) is 10.5. The molecule has 9 heteroatoms. The van der Waals surface area contributed by atoms with Crippen molar-refractivity contribution in [1.82, 2.24) is 14.7 Å². The number of methoxy groups -OCH3 is 1. The van der Waals surface area contributed by atoms with Gasteiger partial charge < -0.3 is 15.0 Å². The highest BCUT2D eigenvalue weighted by atomic mass is 35.5. The zero-order valence-corrected chi connectivity index (χ0v) is 20.0. The molecule has 1 N–H and O–H groups in total. The highest BCUT2D eigenvalue weighted by Gasteiger charge is 2.22. The number of hydrogen-bond acceptors (Lipinski definition) is 6. The number of rotatable bonds is 7. The van der Waals surface area contributed by atoms with Crippen LogP contribution in [0.25, 0.3) is 0 Å². The average Bonchev–Trinajstić information content (AvgIpc) is 3.28. The summed E-state index contributed by atoms with van der Waals surface area (Å²) in [6.07, 6.45) is 2.67. The van der Waals surface area contributed by atoms with Crippen molar-refractivity contribution in [3.63, 3.8) is 0 Å². The van der Waals surface area contributed by atoms with Gasteiger partial charge in [0.25, 0.3) is 5.91 Å². The monoisotopic (exact) mass is 490 g/mol. The van der Waals surface area contributed by atoms with Gasteiger partial charge in [-0.15, -0.1) is 0 Å². The van der Waals surface area contributed by atoms with Crippen LogP contribution in [0.5, 0.6) is 5.75 Å². The Morgan fingerprint density at radius 3 is 2.75 bits per heavy atom. The molecule has 1 aromatic heterocycles. The van der Waals surface area contributed by atoms with E-state index in [1.807, 2.05) is 18.2 Å². The van der Waals surface area contributed by atoms with Crippen molar-refractivity contribution in [1.29, 1.82) is 0 Å². The lowest BCUT2D eigenvalue weighted by Gasteiger charge is -2.31. The Morgan fingerprint density at radius 2 is 2.00 bits per heavy atom. The molecule has 0 radical (unpaired) electrons. The molecule has 3 aromatic rings. The SMILES string of the molecule is COc1cccc(Cc2nsc(N3CCC(CNC(=O)c4ccc(Cl)c(Cl)c4)CC3)n2)c1. The molecule has 1 aliphatic heterocycles. The minimum atomic E-state index is -0.127. The summed E-state index contributed by atoms with van der Waals surface area (Å²) in [6, 6.07) is 12.9. The Morgan fingerprint density at radius 1 is 1.19 bits per heavy atom.